The van der Waals surface area contributed by atoms with Crippen molar-refractivity contribution in [2.45, 2.75) is 13.5 Å². The number of aromatic nitrogens is 2. The van der Waals surface area contributed by atoms with Gasteiger partial charge in [0.15, 0.2) is 0 Å². The molecule has 140 valence electrons. The predicted octanol–water partition coefficient (Wildman–Crippen LogP) is 4.62. The Kier molecular flexibility index (Phi) is 4.90. The maximum Gasteiger partial charge on any atom is 0.265 e. The number of carbonyl (C=O) groups excluding carboxylic acids is 2. The number of thiophene rings is 1. The smallest absolute Gasteiger partial charge is 0.265 e. The van der Waals surface area contributed by atoms with Crippen LogP contribution in [0.3, 0.4) is 0 Å². The number of imidazole rings is 1. The quantitative estimate of drug-likeness (QED) is 0.522. The number of aryl methyl sites for hydroxylation is 1. The summed E-state index contributed by atoms with van der Waals surface area (Å²) in [5.74, 6) is -0.0868. The number of fused-ring (bicyclic) bond motifs is 1. The molecule has 2 heterocycles. The van der Waals surface area contributed by atoms with E-state index in [0.717, 1.165) is 11.0 Å². The summed E-state index contributed by atoms with van der Waals surface area (Å²) in [4.78, 5) is 30.4. The number of para-hydroxylation sites is 3. The lowest BCUT2D eigenvalue weighted by molar-refractivity contribution is 0.102. The second-order valence-corrected chi connectivity index (χ2v) is 7.05. The Bertz CT molecular complexity index is 1150. The molecule has 0 aliphatic carbocycles. The Balaban J connectivity index is 1.62. The topological polar surface area (TPSA) is 76.0 Å². The SMILES string of the molecule is CCn1c(NC(=O)c2ccccc2NC(=O)c2cccs2)nc2ccccc21. The van der Waals surface area contributed by atoms with E-state index in [0.29, 0.717) is 28.6 Å². The summed E-state index contributed by atoms with van der Waals surface area (Å²) in [5.41, 5.74) is 2.61. The van der Waals surface area contributed by atoms with Gasteiger partial charge in [-0.3, -0.25) is 14.9 Å². The van der Waals surface area contributed by atoms with Gasteiger partial charge in [0.25, 0.3) is 11.8 Å². The second kappa shape index (κ2) is 7.66. The Morgan fingerprint density at radius 2 is 1.75 bits per heavy atom. The standard InChI is InChI=1S/C21H18N4O2S/c1-2-25-17-11-6-5-10-16(17)23-21(25)24-19(26)14-8-3-4-9-15(14)22-20(27)18-12-7-13-28-18/h3-13H,2H2,1H3,(H,22,27)(H,23,24,26). The first kappa shape index (κ1) is 17.9. The van der Waals surface area contributed by atoms with Gasteiger partial charge in [0.05, 0.1) is 27.2 Å². The van der Waals surface area contributed by atoms with E-state index in [-0.39, 0.29) is 11.8 Å². The Labute approximate surface area is 165 Å². The third-order valence-electron chi connectivity index (χ3n) is 4.36. The summed E-state index contributed by atoms with van der Waals surface area (Å²) < 4.78 is 1.94. The van der Waals surface area contributed by atoms with E-state index in [4.69, 9.17) is 0 Å². The van der Waals surface area contributed by atoms with E-state index in [1.54, 1.807) is 30.3 Å². The minimum Gasteiger partial charge on any atom is -0.321 e. The molecule has 7 heteroatoms. The van der Waals surface area contributed by atoms with E-state index in [9.17, 15) is 9.59 Å². The Hall–Kier alpha value is -3.45. The molecule has 0 atom stereocenters. The van der Waals surface area contributed by atoms with Crippen molar-refractivity contribution in [2.24, 2.45) is 0 Å². The van der Waals surface area contributed by atoms with Gasteiger partial charge in [0.2, 0.25) is 5.95 Å². The molecule has 0 fully saturated rings. The second-order valence-electron chi connectivity index (χ2n) is 6.10. The van der Waals surface area contributed by atoms with E-state index in [1.165, 1.54) is 11.3 Å². The van der Waals surface area contributed by atoms with Crippen LogP contribution in [-0.2, 0) is 6.54 Å². The number of nitrogens with one attached hydrogen (secondary N) is 2. The zero-order valence-electron chi connectivity index (χ0n) is 15.2. The fourth-order valence-electron chi connectivity index (χ4n) is 3.04. The molecule has 0 saturated carbocycles. The maximum atomic E-state index is 12.9. The molecule has 4 aromatic rings. The number of anilines is 2. The fourth-order valence-corrected chi connectivity index (χ4v) is 3.66. The van der Waals surface area contributed by atoms with Crippen LogP contribution in [0.5, 0.6) is 0 Å². The molecule has 0 bridgehead atoms. The normalized spacial score (nSPS) is 10.8. The van der Waals surface area contributed by atoms with Gasteiger partial charge in [-0.2, -0.15) is 0 Å². The minimum atomic E-state index is -0.327. The van der Waals surface area contributed by atoms with Gasteiger partial charge in [0, 0.05) is 6.54 Å². The molecule has 2 aromatic heterocycles. The van der Waals surface area contributed by atoms with Crippen LogP contribution in [0.4, 0.5) is 11.6 Å². The molecule has 0 aliphatic rings. The van der Waals surface area contributed by atoms with Crippen LogP contribution < -0.4 is 10.6 Å². The van der Waals surface area contributed by atoms with Crippen molar-refractivity contribution in [1.29, 1.82) is 0 Å². The number of nitrogens with zero attached hydrogens (tertiary/aromatic N) is 2. The van der Waals surface area contributed by atoms with Crippen LogP contribution in [-0.4, -0.2) is 21.4 Å². The van der Waals surface area contributed by atoms with Crippen molar-refractivity contribution in [1.82, 2.24) is 9.55 Å². The van der Waals surface area contributed by atoms with Crippen LogP contribution in [0.2, 0.25) is 0 Å². The highest BCUT2D eigenvalue weighted by molar-refractivity contribution is 7.12. The molecule has 0 spiro atoms. The predicted molar refractivity (Wildman–Crippen MR) is 112 cm³/mol. The molecule has 6 nitrogen and oxygen atoms in total. The van der Waals surface area contributed by atoms with Crippen molar-refractivity contribution >= 4 is 45.8 Å². The van der Waals surface area contributed by atoms with Gasteiger partial charge in [-0.15, -0.1) is 11.3 Å². The average molecular weight is 390 g/mol. The number of benzene rings is 2. The van der Waals surface area contributed by atoms with Crippen LogP contribution in [0.15, 0.2) is 66.0 Å². The molecule has 0 saturated heterocycles. The van der Waals surface area contributed by atoms with Gasteiger partial charge < -0.3 is 9.88 Å². The number of carbonyl (C=O) groups is 2. The third kappa shape index (κ3) is 3.39. The molecule has 0 unspecified atom stereocenters. The Morgan fingerprint density at radius 3 is 2.54 bits per heavy atom. The monoisotopic (exact) mass is 390 g/mol. The lowest BCUT2D eigenvalue weighted by Gasteiger charge is -2.11. The molecule has 2 aromatic carbocycles. The highest BCUT2D eigenvalue weighted by Crippen LogP contribution is 2.22. The summed E-state index contributed by atoms with van der Waals surface area (Å²) in [6, 6.07) is 18.2. The van der Waals surface area contributed by atoms with Crippen LogP contribution >= 0.6 is 11.3 Å². The first-order chi connectivity index (χ1) is 13.7. The molecule has 2 amide bonds. The minimum absolute atomic E-state index is 0.240. The van der Waals surface area contributed by atoms with E-state index in [1.807, 2.05) is 47.2 Å². The van der Waals surface area contributed by atoms with Crippen molar-refractivity contribution < 1.29 is 9.59 Å². The first-order valence-electron chi connectivity index (χ1n) is 8.88. The maximum absolute atomic E-state index is 12.9. The molecular formula is C21H18N4O2S. The third-order valence-corrected chi connectivity index (χ3v) is 5.23. The largest absolute Gasteiger partial charge is 0.321 e. The zero-order chi connectivity index (χ0) is 19.5. The van der Waals surface area contributed by atoms with Crippen LogP contribution in [0.25, 0.3) is 11.0 Å². The van der Waals surface area contributed by atoms with E-state index in [2.05, 4.69) is 15.6 Å². The number of rotatable bonds is 5. The van der Waals surface area contributed by atoms with Crippen LogP contribution in [0, 0.1) is 0 Å². The highest BCUT2D eigenvalue weighted by Gasteiger charge is 2.17. The highest BCUT2D eigenvalue weighted by atomic mass is 32.1. The van der Waals surface area contributed by atoms with Crippen molar-refractivity contribution in [3.8, 4) is 0 Å². The van der Waals surface area contributed by atoms with E-state index >= 15 is 0 Å². The number of hydrogen-bond acceptors (Lipinski definition) is 4. The molecule has 4 rings (SSSR count). The van der Waals surface area contributed by atoms with Gasteiger partial charge in [-0.1, -0.05) is 30.3 Å². The molecule has 2 N–H and O–H groups in total. The van der Waals surface area contributed by atoms with Gasteiger partial charge in [0.1, 0.15) is 0 Å². The van der Waals surface area contributed by atoms with Gasteiger partial charge in [-0.25, -0.2) is 4.98 Å². The van der Waals surface area contributed by atoms with Crippen molar-refractivity contribution in [2.75, 3.05) is 10.6 Å². The Morgan fingerprint density at radius 1 is 0.964 bits per heavy atom. The number of hydrogen-bond donors (Lipinski definition) is 2. The van der Waals surface area contributed by atoms with Crippen LogP contribution in [0.1, 0.15) is 27.0 Å². The molecule has 0 radical (unpaired) electrons. The zero-order valence-corrected chi connectivity index (χ0v) is 16.0. The first-order valence-corrected chi connectivity index (χ1v) is 9.76. The van der Waals surface area contributed by atoms with Crippen molar-refractivity contribution in [3.63, 3.8) is 0 Å². The summed E-state index contributed by atoms with van der Waals surface area (Å²) in [7, 11) is 0. The summed E-state index contributed by atoms with van der Waals surface area (Å²) in [6.45, 7) is 2.67. The summed E-state index contributed by atoms with van der Waals surface area (Å²) in [5, 5.41) is 7.53. The molecule has 28 heavy (non-hydrogen) atoms. The summed E-state index contributed by atoms with van der Waals surface area (Å²) >= 11 is 1.35. The molecular weight excluding hydrogens is 372 g/mol. The molecule has 0 aliphatic heterocycles. The number of amides is 2. The van der Waals surface area contributed by atoms with Gasteiger partial charge in [-0.05, 0) is 42.6 Å². The van der Waals surface area contributed by atoms with E-state index < -0.39 is 0 Å². The summed E-state index contributed by atoms with van der Waals surface area (Å²) in [6.07, 6.45) is 0. The lowest BCUT2D eigenvalue weighted by Crippen LogP contribution is -2.19. The van der Waals surface area contributed by atoms with Crippen molar-refractivity contribution in [3.05, 3.63) is 76.5 Å². The lowest BCUT2D eigenvalue weighted by atomic mass is 10.1. The average Bonchev–Trinajstić information content (AvgIpc) is 3.36. The van der Waals surface area contributed by atoms with Gasteiger partial charge >= 0.3 is 0 Å². The fraction of sp³-hybridized carbons (Fsp3) is 0.0952.